The van der Waals surface area contributed by atoms with Gasteiger partial charge in [-0.1, -0.05) is 54.6 Å². The van der Waals surface area contributed by atoms with Crippen molar-refractivity contribution < 1.29 is 19.1 Å². The van der Waals surface area contributed by atoms with Gasteiger partial charge in [0.2, 0.25) is 0 Å². The highest BCUT2D eigenvalue weighted by atomic mass is 16.5. The van der Waals surface area contributed by atoms with E-state index in [2.05, 4.69) is 5.10 Å². The van der Waals surface area contributed by atoms with Crippen LogP contribution in [0.4, 0.5) is 0 Å². The second kappa shape index (κ2) is 9.50. The summed E-state index contributed by atoms with van der Waals surface area (Å²) < 4.78 is 11.8. The molecule has 0 saturated carbocycles. The number of para-hydroxylation sites is 1. The van der Waals surface area contributed by atoms with Gasteiger partial charge in [-0.15, -0.1) is 0 Å². The summed E-state index contributed by atoms with van der Waals surface area (Å²) in [4.78, 5) is 25.5. The molecule has 0 spiro atoms. The van der Waals surface area contributed by atoms with Gasteiger partial charge >= 0.3 is 11.9 Å². The Morgan fingerprint density at radius 1 is 0.862 bits per heavy atom. The van der Waals surface area contributed by atoms with Crippen LogP contribution < -0.4 is 0 Å². The molecule has 0 atom stereocenters. The maximum Gasteiger partial charge on any atom is 0.357 e. The zero-order valence-electron chi connectivity index (χ0n) is 16.4. The molecular weight excluding hydrogens is 368 g/mol. The summed E-state index contributed by atoms with van der Waals surface area (Å²) in [6.07, 6.45) is 3.53. The van der Waals surface area contributed by atoms with Crippen LogP contribution in [0.3, 0.4) is 0 Å². The number of carbonyl (C=O) groups is 2. The lowest BCUT2D eigenvalue weighted by molar-refractivity contribution is 0.0472. The highest BCUT2D eigenvalue weighted by Crippen LogP contribution is 2.23. The van der Waals surface area contributed by atoms with Crippen LogP contribution in [0.15, 0.2) is 60.7 Å². The fourth-order valence-electron chi connectivity index (χ4n) is 2.84. The van der Waals surface area contributed by atoms with Gasteiger partial charge in [-0.25, -0.2) is 14.3 Å². The number of hydrogen-bond acceptors (Lipinski definition) is 5. The predicted molar refractivity (Wildman–Crippen MR) is 111 cm³/mol. The van der Waals surface area contributed by atoms with E-state index in [1.807, 2.05) is 54.6 Å². The molecule has 0 saturated heterocycles. The smallest absolute Gasteiger partial charge is 0.357 e. The Hall–Kier alpha value is -3.67. The van der Waals surface area contributed by atoms with E-state index in [1.165, 1.54) is 4.68 Å². The van der Waals surface area contributed by atoms with Gasteiger partial charge < -0.3 is 9.47 Å². The van der Waals surface area contributed by atoms with E-state index in [9.17, 15) is 9.59 Å². The van der Waals surface area contributed by atoms with E-state index in [4.69, 9.17) is 9.47 Å². The first kappa shape index (κ1) is 20.1. The van der Waals surface area contributed by atoms with Gasteiger partial charge in [-0.2, -0.15) is 5.10 Å². The minimum absolute atomic E-state index is 0.0456. The molecule has 0 bridgehead atoms. The number of aromatic nitrogens is 2. The second-order valence-electron chi connectivity index (χ2n) is 6.04. The molecule has 1 aromatic heterocycles. The number of hydrogen-bond donors (Lipinski definition) is 0. The molecule has 1 heterocycles. The molecule has 0 amide bonds. The number of ether oxygens (including phenoxy) is 2. The molecule has 2 aromatic carbocycles. The maximum absolute atomic E-state index is 12.7. The molecule has 0 radical (unpaired) electrons. The summed E-state index contributed by atoms with van der Waals surface area (Å²) in [5.41, 5.74) is 2.04. The van der Waals surface area contributed by atoms with Crippen molar-refractivity contribution in [2.24, 2.45) is 0 Å². The average molecular weight is 390 g/mol. The number of rotatable bonds is 7. The van der Waals surface area contributed by atoms with Crippen molar-refractivity contribution in [2.75, 3.05) is 13.2 Å². The predicted octanol–water partition coefficient (Wildman–Crippen LogP) is 4.40. The van der Waals surface area contributed by atoms with E-state index < -0.39 is 11.9 Å². The van der Waals surface area contributed by atoms with E-state index in [1.54, 1.807) is 32.1 Å². The highest BCUT2D eigenvalue weighted by molar-refractivity contribution is 6.05. The molecule has 6 nitrogen and oxygen atoms in total. The van der Waals surface area contributed by atoms with Gasteiger partial charge in [0.05, 0.1) is 18.9 Å². The maximum atomic E-state index is 12.7. The zero-order chi connectivity index (χ0) is 20.6. The third-order valence-electron chi connectivity index (χ3n) is 4.09. The summed E-state index contributed by atoms with van der Waals surface area (Å²) >= 11 is 0. The van der Waals surface area contributed by atoms with Crippen LogP contribution in [0.5, 0.6) is 0 Å². The van der Waals surface area contributed by atoms with Gasteiger partial charge in [0, 0.05) is 0 Å². The van der Waals surface area contributed by atoms with Crippen LogP contribution >= 0.6 is 0 Å². The van der Waals surface area contributed by atoms with Crippen molar-refractivity contribution in [1.29, 1.82) is 0 Å². The van der Waals surface area contributed by atoms with Gasteiger partial charge in [0.15, 0.2) is 5.69 Å². The summed E-state index contributed by atoms with van der Waals surface area (Å²) in [5, 5.41) is 4.53. The third-order valence-corrected chi connectivity index (χ3v) is 4.09. The van der Waals surface area contributed by atoms with Crippen LogP contribution in [0.25, 0.3) is 17.8 Å². The van der Waals surface area contributed by atoms with Crippen LogP contribution in [0.1, 0.15) is 46.0 Å². The summed E-state index contributed by atoms with van der Waals surface area (Å²) in [6, 6.07) is 18.7. The molecular formula is C23H22N2O4. The Labute approximate surface area is 169 Å². The van der Waals surface area contributed by atoms with Gasteiger partial charge in [0.1, 0.15) is 11.3 Å². The Kier molecular flexibility index (Phi) is 6.58. The number of benzene rings is 2. The van der Waals surface area contributed by atoms with Crippen LogP contribution in [-0.4, -0.2) is 34.9 Å². The molecule has 29 heavy (non-hydrogen) atoms. The first-order valence-corrected chi connectivity index (χ1v) is 9.41. The Bertz CT molecular complexity index is 1010. The normalized spacial score (nSPS) is 10.8. The molecule has 0 fully saturated rings. The van der Waals surface area contributed by atoms with E-state index in [0.717, 1.165) is 5.56 Å². The molecule has 148 valence electrons. The Balaban J connectivity index is 2.19. The third kappa shape index (κ3) is 4.60. The summed E-state index contributed by atoms with van der Waals surface area (Å²) in [6.45, 7) is 3.78. The quantitative estimate of drug-likeness (QED) is 0.560. The molecule has 6 heteroatoms. The number of esters is 2. The first-order chi connectivity index (χ1) is 14.2. The van der Waals surface area contributed by atoms with Gasteiger partial charge in [-0.05, 0) is 37.6 Å². The first-order valence-electron chi connectivity index (χ1n) is 9.41. The fourth-order valence-corrected chi connectivity index (χ4v) is 2.84. The summed E-state index contributed by atoms with van der Waals surface area (Å²) in [5.74, 6) is -1.25. The lowest BCUT2D eigenvalue weighted by Crippen LogP contribution is -2.17. The number of carbonyl (C=O) groups excluding carboxylic acids is 2. The van der Waals surface area contributed by atoms with Crippen LogP contribution in [0.2, 0.25) is 0 Å². The lowest BCUT2D eigenvalue weighted by atomic mass is 10.1. The highest BCUT2D eigenvalue weighted by Gasteiger charge is 2.30. The Morgan fingerprint density at radius 3 is 2.07 bits per heavy atom. The second-order valence-corrected chi connectivity index (χ2v) is 6.04. The lowest BCUT2D eigenvalue weighted by Gasteiger charge is -2.08. The van der Waals surface area contributed by atoms with E-state index >= 15 is 0 Å². The minimum Gasteiger partial charge on any atom is -0.462 e. The molecule has 3 aromatic rings. The Morgan fingerprint density at radius 2 is 1.45 bits per heavy atom. The molecule has 0 aliphatic heterocycles. The topological polar surface area (TPSA) is 70.4 Å². The van der Waals surface area contributed by atoms with Gasteiger partial charge in [0.25, 0.3) is 0 Å². The van der Waals surface area contributed by atoms with E-state index in [0.29, 0.717) is 11.4 Å². The van der Waals surface area contributed by atoms with Crippen LogP contribution in [-0.2, 0) is 9.47 Å². The fraction of sp³-hybridized carbons (Fsp3) is 0.174. The SMILES string of the molecule is CCOC(=O)c1c(/C=C/c2ccccc2)nn(-c2ccccc2)c1C(=O)OCC. The minimum atomic E-state index is -0.633. The largest absolute Gasteiger partial charge is 0.462 e. The molecule has 0 unspecified atom stereocenters. The molecule has 3 rings (SSSR count). The summed E-state index contributed by atoms with van der Waals surface area (Å²) in [7, 11) is 0. The number of nitrogens with zero attached hydrogens (tertiary/aromatic N) is 2. The monoisotopic (exact) mass is 390 g/mol. The van der Waals surface area contributed by atoms with Crippen LogP contribution in [0, 0.1) is 0 Å². The zero-order valence-corrected chi connectivity index (χ0v) is 16.4. The van der Waals surface area contributed by atoms with E-state index in [-0.39, 0.29) is 24.5 Å². The van der Waals surface area contributed by atoms with Crippen molar-refractivity contribution in [2.45, 2.75) is 13.8 Å². The average Bonchev–Trinajstić information content (AvgIpc) is 3.14. The van der Waals surface area contributed by atoms with Crippen molar-refractivity contribution >= 4 is 24.1 Å². The molecule has 0 aliphatic carbocycles. The van der Waals surface area contributed by atoms with Crippen molar-refractivity contribution in [3.8, 4) is 5.69 Å². The molecule has 0 aliphatic rings. The molecule has 0 N–H and O–H groups in total. The van der Waals surface area contributed by atoms with Crippen molar-refractivity contribution in [1.82, 2.24) is 9.78 Å². The van der Waals surface area contributed by atoms with Gasteiger partial charge in [-0.3, -0.25) is 0 Å². The van der Waals surface area contributed by atoms with Crippen molar-refractivity contribution in [3.63, 3.8) is 0 Å². The van der Waals surface area contributed by atoms with Crippen molar-refractivity contribution in [3.05, 3.63) is 83.2 Å². The standard InChI is InChI=1S/C23H22N2O4/c1-3-28-22(26)20-19(16-15-17-11-7-5-8-12-17)24-25(18-13-9-6-10-14-18)21(20)23(27)29-4-2/h5-16H,3-4H2,1-2H3/b16-15+.